The molecule has 0 bridgehead atoms. The highest BCUT2D eigenvalue weighted by Crippen LogP contribution is 2.21. The fourth-order valence-corrected chi connectivity index (χ4v) is 4.35. The normalized spacial score (nSPS) is 14.5. The highest BCUT2D eigenvalue weighted by Gasteiger charge is 2.21. The Morgan fingerprint density at radius 1 is 1.00 bits per heavy atom. The SMILES string of the molecule is Cc1ccc(Cc2nsc(N3CCCN(C(=O)COCc4ccccc4)CC3)n2)cc1. The molecule has 1 aliphatic heterocycles. The number of anilines is 1. The minimum atomic E-state index is 0.0510. The lowest BCUT2D eigenvalue weighted by molar-refractivity contribution is -0.136. The maximum Gasteiger partial charge on any atom is 0.248 e. The first-order valence-electron chi connectivity index (χ1n) is 10.7. The molecule has 1 amide bonds. The van der Waals surface area contributed by atoms with Gasteiger partial charge in [0.2, 0.25) is 11.0 Å². The van der Waals surface area contributed by atoms with Gasteiger partial charge in [-0.05, 0) is 24.5 Å². The quantitative estimate of drug-likeness (QED) is 0.565. The van der Waals surface area contributed by atoms with Gasteiger partial charge >= 0.3 is 0 Å². The maximum absolute atomic E-state index is 12.6. The van der Waals surface area contributed by atoms with Crippen molar-refractivity contribution in [3.05, 3.63) is 77.1 Å². The van der Waals surface area contributed by atoms with Gasteiger partial charge in [-0.2, -0.15) is 4.37 Å². The van der Waals surface area contributed by atoms with E-state index in [2.05, 4.69) is 40.5 Å². The molecular weight excluding hydrogens is 408 g/mol. The van der Waals surface area contributed by atoms with Crippen LogP contribution in [0, 0.1) is 6.92 Å². The predicted octanol–water partition coefficient (Wildman–Crippen LogP) is 3.69. The zero-order chi connectivity index (χ0) is 21.5. The van der Waals surface area contributed by atoms with E-state index in [1.807, 2.05) is 35.2 Å². The lowest BCUT2D eigenvalue weighted by atomic mass is 10.1. The Morgan fingerprint density at radius 2 is 1.81 bits per heavy atom. The van der Waals surface area contributed by atoms with E-state index in [1.54, 1.807) is 0 Å². The van der Waals surface area contributed by atoms with Crippen molar-refractivity contribution in [2.24, 2.45) is 0 Å². The second kappa shape index (κ2) is 10.5. The number of amides is 1. The van der Waals surface area contributed by atoms with Crippen LogP contribution in [0.4, 0.5) is 5.13 Å². The van der Waals surface area contributed by atoms with E-state index in [9.17, 15) is 4.79 Å². The first-order valence-corrected chi connectivity index (χ1v) is 11.5. The van der Waals surface area contributed by atoms with Crippen molar-refractivity contribution >= 4 is 22.6 Å². The third-order valence-electron chi connectivity index (χ3n) is 5.40. The molecular formula is C24H28N4O2S. The minimum Gasteiger partial charge on any atom is -0.367 e. The number of carbonyl (C=O) groups excluding carboxylic acids is 1. The molecule has 6 nitrogen and oxygen atoms in total. The molecule has 0 saturated carbocycles. The summed E-state index contributed by atoms with van der Waals surface area (Å²) in [6.45, 7) is 5.75. The van der Waals surface area contributed by atoms with Crippen LogP contribution in [0.15, 0.2) is 54.6 Å². The molecule has 1 fully saturated rings. The molecule has 3 aromatic rings. The first-order chi connectivity index (χ1) is 15.2. The molecule has 4 rings (SSSR count). The van der Waals surface area contributed by atoms with Crippen molar-refractivity contribution in [3.63, 3.8) is 0 Å². The van der Waals surface area contributed by atoms with Gasteiger partial charge in [-0.15, -0.1) is 0 Å². The topological polar surface area (TPSA) is 58.6 Å². The third-order valence-corrected chi connectivity index (χ3v) is 6.21. The van der Waals surface area contributed by atoms with Gasteiger partial charge in [-0.3, -0.25) is 4.79 Å². The molecule has 0 unspecified atom stereocenters. The van der Waals surface area contributed by atoms with Crippen molar-refractivity contribution in [2.45, 2.75) is 26.4 Å². The number of ether oxygens (including phenoxy) is 1. The molecule has 1 aliphatic rings. The van der Waals surface area contributed by atoms with E-state index in [4.69, 9.17) is 9.72 Å². The van der Waals surface area contributed by atoms with Crippen LogP contribution in [-0.4, -0.2) is 53.0 Å². The average molecular weight is 437 g/mol. The molecule has 0 radical (unpaired) electrons. The lowest BCUT2D eigenvalue weighted by Gasteiger charge is -2.21. The van der Waals surface area contributed by atoms with Crippen LogP contribution in [-0.2, 0) is 22.6 Å². The Morgan fingerprint density at radius 3 is 2.61 bits per heavy atom. The molecule has 2 heterocycles. The number of rotatable bonds is 7. The summed E-state index contributed by atoms with van der Waals surface area (Å²) < 4.78 is 10.2. The molecule has 31 heavy (non-hydrogen) atoms. The summed E-state index contributed by atoms with van der Waals surface area (Å²) in [6, 6.07) is 18.4. The predicted molar refractivity (Wildman–Crippen MR) is 123 cm³/mol. The van der Waals surface area contributed by atoms with Crippen molar-refractivity contribution in [3.8, 4) is 0 Å². The maximum atomic E-state index is 12.6. The summed E-state index contributed by atoms with van der Waals surface area (Å²) in [5.41, 5.74) is 3.55. The van der Waals surface area contributed by atoms with Crippen molar-refractivity contribution in [1.29, 1.82) is 0 Å². The monoisotopic (exact) mass is 436 g/mol. The highest BCUT2D eigenvalue weighted by molar-refractivity contribution is 7.09. The average Bonchev–Trinajstić information content (AvgIpc) is 3.10. The number of nitrogens with zero attached hydrogens (tertiary/aromatic N) is 4. The van der Waals surface area contributed by atoms with E-state index in [-0.39, 0.29) is 12.5 Å². The van der Waals surface area contributed by atoms with E-state index >= 15 is 0 Å². The van der Waals surface area contributed by atoms with Crippen molar-refractivity contribution < 1.29 is 9.53 Å². The van der Waals surface area contributed by atoms with E-state index in [1.165, 1.54) is 22.7 Å². The van der Waals surface area contributed by atoms with Gasteiger partial charge in [0.25, 0.3) is 0 Å². The fraction of sp³-hybridized carbons (Fsp3) is 0.375. The molecule has 0 N–H and O–H groups in total. The molecule has 7 heteroatoms. The summed E-state index contributed by atoms with van der Waals surface area (Å²) in [5.74, 6) is 0.908. The number of hydrogen-bond acceptors (Lipinski definition) is 6. The van der Waals surface area contributed by atoms with Crippen molar-refractivity contribution in [2.75, 3.05) is 37.7 Å². The van der Waals surface area contributed by atoms with Crippen LogP contribution in [0.25, 0.3) is 0 Å². The third kappa shape index (κ3) is 6.12. The van der Waals surface area contributed by atoms with Crippen LogP contribution in [0.3, 0.4) is 0 Å². The van der Waals surface area contributed by atoms with Gasteiger partial charge in [0, 0.05) is 44.1 Å². The van der Waals surface area contributed by atoms with Crippen LogP contribution < -0.4 is 4.90 Å². The Hall–Kier alpha value is -2.77. The van der Waals surface area contributed by atoms with Gasteiger partial charge in [0.1, 0.15) is 12.4 Å². The molecule has 1 aromatic heterocycles. The van der Waals surface area contributed by atoms with Gasteiger partial charge < -0.3 is 14.5 Å². The van der Waals surface area contributed by atoms with Gasteiger partial charge in [-0.25, -0.2) is 4.98 Å². The zero-order valence-electron chi connectivity index (χ0n) is 17.9. The van der Waals surface area contributed by atoms with Crippen LogP contribution in [0.1, 0.15) is 28.9 Å². The Balaban J connectivity index is 1.26. The molecule has 162 valence electrons. The van der Waals surface area contributed by atoms with E-state index in [0.717, 1.165) is 49.0 Å². The summed E-state index contributed by atoms with van der Waals surface area (Å²) in [6.07, 6.45) is 1.66. The highest BCUT2D eigenvalue weighted by atomic mass is 32.1. The standard InChI is InChI=1S/C24H28N4O2S/c1-19-8-10-20(11-9-19)16-22-25-24(31-26-22)28-13-5-12-27(14-15-28)23(29)18-30-17-21-6-3-2-4-7-21/h2-4,6-11H,5,12-18H2,1H3. The second-order valence-corrected chi connectivity index (χ2v) is 8.59. The summed E-state index contributed by atoms with van der Waals surface area (Å²) in [4.78, 5) is 21.5. The number of hydrogen-bond donors (Lipinski definition) is 0. The van der Waals surface area contributed by atoms with Crippen molar-refractivity contribution in [1.82, 2.24) is 14.3 Å². The smallest absolute Gasteiger partial charge is 0.248 e. The van der Waals surface area contributed by atoms with Gasteiger partial charge in [0.05, 0.1) is 6.61 Å². The Kier molecular flexibility index (Phi) is 7.27. The van der Waals surface area contributed by atoms with Crippen LogP contribution in [0.5, 0.6) is 0 Å². The van der Waals surface area contributed by atoms with Crippen LogP contribution >= 0.6 is 11.5 Å². The summed E-state index contributed by atoms with van der Waals surface area (Å²) in [7, 11) is 0. The van der Waals surface area contributed by atoms with E-state index < -0.39 is 0 Å². The molecule has 0 atom stereocenters. The Labute approximate surface area is 187 Å². The van der Waals surface area contributed by atoms with Gasteiger partial charge in [0.15, 0.2) is 0 Å². The lowest BCUT2D eigenvalue weighted by Crippen LogP contribution is -2.37. The van der Waals surface area contributed by atoms with Gasteiger partial charge in [-0.1, -0.05) is 60.2 Å². The Bertz CT molecular complexity index is 975. The largest absolute Gasteiger partial charge is 0.367 e. The van der Waals surface area contributed by atoms with E-state index in [0.29, 0.717) is 13.2 Å². The summed E-state index contributed by atoms with van der Waals surface area (Å²) >= 11 is 1.45. The van der Waals surface area contributed by atoms with Crippen LogP contribution in [0.2, 0.25) is 0 Å². The summed E-state index contributed by atoms with van der Waals surface area (Å²) in [5, 5.41) is 0.941. The molecule has 0 spiro atoms. The molecule has 1 saturated heterocycles. The number of carbonyl (C=O) groups is 1. The number of benzene rings is 2. The first kappa shape index (κ1) is 21.5. The minimum absolute atomic E-state index is 0.0510. The zero-order valence-corrected chi connectivity index (χ0v) is 18.7. The second-order valence-electron chi connectivity index (χ2n) is 7.86. The fourth-order valence-electron chi connectivity index (χ4n) is 3.61. The number of aromatic nitrogens is 2. The molecule has 0 aliphatic carbocycles. The molecule has 2 aromatic carbocycles. The number of aryl methyl sites for hydroxylation is 1.